The Morgan fingerprint density at radius 1 is 1.10 bits per heavy atom. The monoisotopic (exact) mass is 421 g/mol. The quantitative estimate of drug-likeness (QED) is 0.694. The molecule has 1 fully saturated rings. The van der Waals surface area contributed by atoms with Gasteiger partial charge in [-0.15, -0.1) is 0 Å². The Morgan fingerprint density at radius 3 is 2.65 bits per heavy atom. The lowest BCUT2D eigenvalue weighted by atomic mass is 9.79. The number of nitrogens with zero attached hydrogens (tertiary/aromatic N) is 2. The first kappa shape index (κ1) is 19.4. The molecule has 0 radical (unpaired) electrons. The summed E-state index contributed by atoms with van der Waals surface area (Å²) >= 11 is 0. The van der Waals surface area contributed by atoms with Gasteiger partial charge in [0.15, 0.2) is 11.5 Å². The van der Waals surface area contributed by atoms with Gasteiger partial charge < -0.3 is 20.1 Å². The van der Waals surface area contributed by atoms with Crippen LogP contribution in [0.5, 0.6) is 11.5 Å². The number of fused-ring (bicyclic) bond motifs is 2. The maximum atomic E-state index is 13.1. The Kier molecular flexibility index (Phi) is 4.98. The van der Waals surface area contributed by atoms with Gasteiger partial charge in [-0.3, -0.25) is 14.6 Å². The van der Waals surface area contributed by atoms with Gasteiger partial charge in [-0.05, 0) is 30.5 Å². The number of hydrogen-bond acceptors (Lipinski definition) is 7. The highest BCUT2D eigenvalue weighted by Crippen LogP contribution is 2.41. The second-order valence-corrected chi connectivity index (χ2v) is 8.13. The fourth-order valence-electron chi connectivity index (χ4n) is 4.63. The lowest BCUT2D eigenvalue weighted by Crippen LogP contribution is -2.38. The molecule has 0 spiro atoms. The zero-order valence-electron chi connectivity index (χ0n) is 16.9. The van der Waals surface area contributed by atoms with Gasteiger partial charge in [-0.2, -0.15) is 10.2 Å². The minimum absolute atomic E-state index is 0.193. The van der Waals surface area contributed by atoms with Gasteiger partial charge in [0.25, 0.3) is 5.56 Å². The van der Waals surface area contributed by atoms with E-state index >= 15 is 0 Å². The molecule has 1 saturated carbocycles. The molecule has 1 aliphatic carbocycles. The highest BCUT2D eigenvalue weighted by atomic mass is 16.6. The smallest absolute Gasteiger partial charge is 0.258 e. The topological polar surface area (TPSA) is 129 Å². The Balaban J connectivity index is 1.55. The summed E-state index contributed by atoms with van der Waals surface area (Å²) < 4.78 is 11.2. The molecule has 1 aromatic carbocycles. The van der Waals surface area contributed by atoms with Crippen molar-refractivity contribution in [3.8, 4) is 17.6 Å². The van der Waals surface area contributed by atoms with E-state index in [1.165, 1.54) is 6.42 Å². The fourth-order valence-corrected chi connectivity index (χ4v) is 4.63. The second-order valence-electron chi connectivity index (χ2n) is 8.13. The van der Waals surface area contributed by atoms with Crippen LogP contribution < -0.4 is 25.7 Å². The molecule has 2 atom stereocenters. The summed E-state index contributed by atoms with van der Waals surface area (Å²) in [5.41, 5.74) is 0.535. The van der Waals surface area contributed by atoms with Crippen LogP contribution in [0.25, 0.3) is 0 Å². The highest BCUT2D eigenvalue weighted by Gasteiger charge is 2.40. The van der Waals surface area contributed by atoms with Crippen LogP contribution in [0.15, 0.2) is 23.0 Å². The molecule has 31 heavy (non-hydrogen) atoms. The average molecular weight is 421 g/mol. The normalized spacial score (nSPS) is 22.7. The lowest BCUT2D eigenvalue weighted by molar-refractivity contribution is -0.119. The van der Waals surface area contributed by atoms with Crippen molar-refractivity contribution in [1.82, 2.24) is 9.97 Å². The van der Waals surface area contributed by atoms with Crippen LogP contribution in [0.1, 0.15) is 49.1 Å². The molecule has 1 amide bonds. The van der Waals surface area contributed by atoms with E-state index in [4.69, 9.17) is 9.47 Å². The predicted octanol–water partition coefficient (Wildman–Crippen LogP) is 2.51. The van der Waals surface area contributed by atoms with Crippen LogP contribution in [-0.2, 0) is 4.79 Å². The number of H-pyrrole nitrogens is 1. The number of aromatic amines is 1. The fraction of sp³-hybridized carbons (Fsp3) is 0.455. The summed E-state index contributed by atoms with van der Waals surface area (Å²) in [5, 5.41) is 15.6. The van der Waals surface area contributed by atoms with E-state index in [0.29, 0.717) is 36.2 Å². The van der Waals surface area contributed by atoms with Crippen molar-refractivity contribution in [1.29, 1.82) is 5.26 Å². The summed E-state index contributed by atoms with van der Waals surface area (Å²) in [6.45, 7) is 0.875. The first-order valence-electron chi connectivity index (χ1n) is 10.6. The molecule has 2 aromatic rings. The van der Waals surface area contributed by atoms with E-state index in [1.807, 2.05) is 0 Å². The first-order chi connectivity index (χ1) is 15.1. The zero-order valence-corrected chi connectivity index (χ0v) is 16.9. The molecule has 9 heteroatoms. The van der Waals surface area contributed by atoms with Gasteiger partial charge in [0, 0.05) is 12.0 Å². The molecular formula is C22H23N5O4. The number of amides is 1. The van der Waals surface area contributed by atoms with Crippen molar-refractivity contribution < 1.29 is 14.3 Å². The molecule has 3 N–H and O–H groups in total. The molecule has 160 valence electrons. The van der Waals surface area contributed by atoms with Crippen molar-refractivity contribution in [3.05, 3.63) is 39.7 Å². The molecule has 0 saturated heterocycles. The van der Waals surface area contributed by atoms with Gasteiger partial charge in [0.05, 0.1) is 11.6 Å². The van der Waals surface area contributed by atoms with Crippen LogP contribution in [0.4, 0.5) is 11.8 Å². The van der Waals surface area contributed by atoms with E-state index in [2.05, 4.69) is 26.7 Å². The molecular weight excluding hydrogens is 398 g/mol. The Morgan fingerprint density at radius 2 is 1.87 bits per heavy atom. The van der Waals surface area contributed by atoms with E-state index in [-0.39, 0.29) is 23.0 Å². The van der Waals surface area contributed by atoms with E-state index in [9.17, 15) is 14.9 Å². The predicted molar refractivity (Wildman–Crippen MR) is 112 cm³/mol. The minimum Gasteiger partial charge on any atom is -0.486 e. The standard InChI is InChI=1S/C22H23N5O4/c23-11-14-17(12-6-7-15-16(10-12)31-9-8-30-15)18-19(25-20(14)28)26-22(27-21(18)29)24-13-4-2-1-3-5-13/h6-7,10,13-14,17H,1-5,8-9H2,(H3,24,25,26,27,28,29). The van der Waals surface area contributed by atoms with Crippen LogP contribution in [0, 0.1) is 17.2 Å². The van der Waals surface area contributed by atoms with Gasteiger partial charge >= 0.3 is 0 Å². The number of ether oxygens (including phenoxy) is 2. The zero-order chi connectivity index (χ0) is 21.4. The number of anilines is 2. The highest BCUT2D eigenvalue weighted by molar-refractivity contribution is 5.98. The van der Waals surface area contributed by atoms with Crippen LogP contribution in [0.3, 0.4) is 0 Å². The molecule has 3 aliphatic rings. The molecule has 5 rings (SSSR count). The van der Waals surface area contributed by atoms with Crippen LogP contribution in [0.2, 0.25) is 0 Å². The first-order valence-corrected chi connectivity index (χ1v) is 10.6. The van der Waals surface area contributed by atoms with E-state index < -0.39 is 17.7 Å². The largest absolute Gasteiger partial charge is 0.486 e. The van der Waals surface area contributed by atoms with E-state index in [1.54, 1.807) is 18.2 Å². The average Bonchev–Trinajstić information content (AvgIpc) is 2.78. The maximum absolute atomic E-state index is 13.1. The van der Waals surface area contributed by atoms with Crippen molar-refractivity contribution in [2.75, 3.05) is 23.8 Å². The molecule has 9 nitrogen and oxygen atoms in total. The summed E-state index contributed by atoms with van der Waals surface area (Å²) in [7, 11) is 0. The van der Waals surface area contributed by atoms with Gasteiger partial charge in [-0.25, -0.2) is 0 Å². The summed E-state index contributed by atoms with van der Waals surface area (Å²) in [4.78, 5) is 33.1. The number of rotatable bonds is 3. The number of aromatic nitrogens is 2. The number of nitriles is 1. The number of benzene rings is 1. The minimum atomic E-state index is -1.06. The van der Waals surface area contributed by atoms with E-state index in [0.717, 1.165) is 25.7 Å². The van der Waals surface area contributed by atoms with Crippen molar-refractivity contribution in [3.63, 3.8) is 0 Å². The lowest BCUT2D eigenvalue weighted by Gasteiger charge is -2.30. The Bertz CT molecular complexity index is 1120. The maximum Gasteiger partial charge on any atom is 0.258 e. The molecule has 2 unspecified atom stereocenters. The molecule has 0 bridgehead atoms. The van der Waals surface area contributed by atoms with Crippen molar-refractivity contribution in [2.24, 2.45) is 5.92 Å². The third-order valence-corrected chi connectivity index (χ3v) is 6.13. The second kappa shape index (κ2) is 7.95. The van der Waals surface area contributed by atoms with Gasteiger partial charge in [0.1, 0.15) is 24.9 Å². The van der Waals surface area contributed by atoms with Crippen molar-refractivity contribution in [2.45, 2.75) is 44.1 Å². The summed E-state index contributed by atoms with van der Waals surface area (Å²) in [6.07, 6.45) is 5.53. The number of carbonyl (C=O) groups excluding carboxylic acids is 1. The van der Waals surface area contributed by atoms with Gasteiger partial charge in [0.2, 0.25) is 11.9 Å². The summed E-state index contributed by atoms with van der Waals surface area (Å²) in [6, 6.07) is 7.53. The third kappa shape index (κ3) is 3.58. The summed E-state index contributed by atoms with van der Waals surface area (Å²) in [5.74, 6) is -0.627. The number of hydrogen-bond donors (Lipinski definition) is 3. The van der Waals surface area contributed by atoms with Crippen LogP contribution in [-0.4, -0.2) is 35.1 Å². The Labute approximate surface area is 178 Å². The Hall–Kier alpha value is -3.54. The SMILES string of the molecule is N#CC1C(=O)Nc2nc(NC3CCCCC3)[nH]c(=O)c2C1c1ccc2c(c1)OCCO2. The molecule has 3 heterocycles. The van der Waals surface area contributed by atoms with Crippen molar-refractivity contribution >= 4 is 17.7 Å². The van der Waals surface area contributed by atoms with Crippen LogP contribution >= 0.6 is 0 Å². The molecule has 1 aromatic heterocycles. The number of nitrogens with one attached hydrogen (secondary N) is 3. The van der Waals surface area contributed by atoms with Gasteiger partial charge in [-0.1, -0.05) is 25.3 Å². The molecule has 2 aliphatic heterocycles. The number of carbonyl (C=O) groups is 1. The third-order valence-electron chi connectivity index (χ3n) is 6.13.